The summed E-state index contributed by atoms with van der Waals surface area (Å²) in [6.07, 6.45) is -0.552. The van der Waals surface area contributed by atoms with Crippen molar-refractivity contribution in [2.75, 3.05) is 13.6 Å². The molecule has 0 aliphatic rings. The summed E-state index contributed by atoms with van der Waals surface area (Å²) in [7, 11) is -2.97. The first kappa shape index (κ1) is 13.5. The van der Waals surface area contributed by atoms with Crippen LogP contribution in [0.3, 0.4) is 0 Å². The maximum absolute atomic E-state index is 12.9. The molecule has 7 heteroatoms. The van der Waals surface area contributed by atoms with Crippen LogP contribution in [-0.4, -0.2) is 35.9 Å². The Kier molecular flexibility index (Phi) is 4.02. The summed E-state index contributed by atoms with van der Waals surface area (Å²) in [5.74, 6) is -3.65. The number of amides is 1. The number of fused-ring (bicyclic) bond motifs is 1. The van der Waals surface area contributed by atoms with Gasteiger partial charge in [0.25, 0.3) is 11.7 Å². The van der Waals surface area contributed by atoms with Crippen LogP contribution in [0.2, 0.25) is 0 Å². The normalized spacial score (nSPS) is 14.6. The molecule has 1 amide bonds. The number of methoxy groups -OCH3 is 1. The third kappa shape index (κ3) is 3.99. The fourth-order valence-electron chi connectivity index (χ4n) is 3.21. The zero-order valence-corrected chi connectivity index (χ0v) is 15.3. The fraction of sp³-hybridized carbons (Fsp3) is 0.227. The standard InChI is InChI=1S/C22H22N2O5/c1-3-15-20(21(26)22(23)27)19-16(24(15)12-14-8-5-4-6-9-14)10-7-11-17(19)29-13-18(25)28-2/h4-11H,3,12-13H2,1-2H3,(H2,23,27)/i1D3,2D3. The van der Waals surface area contributed by atoms with Crippen molar-refractivity contribution in [1.29, 1.82) is 0 Å². The molecule has 0 saturated carbocycles. The number of nitrogens with two attached hydrogens (primary N) is 1. The smallest absolute Gasteiger partial charge is 0.343 e. The Morgan fingerprint density at radius 2 is 1.90 bits per heavy atom. The summed E-state index contributed by atoms with van der Waals surface area (Å²) in [5, 5.41) is 0.0770. The molecule has 0 fully saturated rings. The van der Waals surface area contributed by atoms with Gasteiger partial charge in [-0.2, -0.15) is 0 Å². The summed E-state index contributed by atoms with van der Waals surface area (Å²) >= 11 is 0. The average molecular weight is 400 g/mol. The number of carbonyl (C=O) groups is 3. The highest BCUT2D eigenvalue weighted by Gasteiger charge is 2.27. The van der Waals surface area contributed by atoms with Crippen molar-refractivity contribution in [2.24, 2.45) is 5.73 Å². The molecule has 0 saturated heterocycles. The number of nitrogens with zero attached hydrogens (tertiary/aromatic N) is 1. The highest BCUT2D eigenvalue weighted by molar-refractivity contribution is 6.45. The van der Waals surface area contributed by atoms with Gasteiger partial charge in [-0.15, -0.1) is 0 Å². The molecule has 3 rings (SSSR count). The van der Waals surface area contributed by atoms with E-state index in [0.717, 1.165) is 5.56 Å². The van der Waals surface area contributed by atoms with Gasteiger partial charge in [-0.05, 0) is 24.1 Å². The first-order chi connectivity index (χ1) is 16.3. The average Bonchev–Trinajstić information content (AvgIpc) is 3.03. The first-order valence-corrected chi connectivity index (χ1v) is 8.63. The molecule has 0 aliphatic carbocycles. The maximum atomic E-state index is 12.9. The van der Waals surface area contributed by atoms with Crippen LogP contribution < -0.4 is 10.5 Å². The molecule has 0 aliphatic heterocycles. The van der Waals surface area contributed by atoms with Crippen LogP contribution in [0.5, 0.6) is 5.75 Å². The highest BCUT2D eigenvalue weighted by Crippen LogP contribution is 2.35. The first-order valence-electron chi connectivity index (χ1n) is 11.6. The van der Waals surface area contributed by atoms with Gasteiger partial charge in [0.05, 0.1) is 27.6 Å². The van der Waals surface area contributed by atoms with Crippen LogP contribution in [0.1, 0.15) is 36.7 Å². The van der Waals surface area contributed by atoms with E-state index in [1.165, 1.54) is 6.07 Å². The molecule has 1 aromatic heterocycles. The van der Waals surface area contributed by atoms with Gasteiger partial charge in [0.1, 0.15) is 5.75 Å². The van der Waals surface area contributed by atoms with E-state index in [4.69, 9.17) is 18.7 Å². The van der Waals surface area contributed by atoms with Gasteiger partial charge in [0.2, 0.25) is 0 Å². The predicted molar refractivity (Wildman–Crippen MR) is 108 cm³/mol. The van der Waals surface area contributed by atoms with Gasteiger partial charge in [-0.3, -0.25) is 9.59 Å². The minimum atomic E-state index is -2.97. The lowest BCUT2D eigenvalue weighted by atomic mass is 10.0. The zero-order valence-electron chi connectivity index (χ0n) is 21.3. The van der Waals surface area contributed by atoms with Gasteiger partial charge >= 0.3 is 5.97 Å². The van der Waals surface area contributed by atoms with Gasteiger partial charge in [-0.1, -0.05) is 43.3 Å². The van der Waals surface area contributed by atoms with Crippen molar-refractivity contribution in [2.45, 2.75) is 19.8 Å². The van der Waals surface area contributed by atoms with E-state index >= 15 is 0 Å². The minimum absolute atomic E-state index is 0.0480. The lowest BCUT2D eigenvalue weighted by Crippen LogP contribution is -2.24. The van der Waals surface area contributed by atoms with E-state index in [2.05, 4.69) is 4.74 Å². The molecule has 0 bridgehead atoms. The van der Waals surface area contributed by atoms with Crippen LogP contribution in [-0.2, 0) is 27.3 Å². The topological polar surface area (TPSA) is 101 Å². The fourth-order valence-corrected chi connectivity index (χ4v) is 3.21. The minimum Gasteiger partial charge on any atom is -0.481 e. The molecule has 2 aromatic carbocycles. The number of benzene rings is 2. The monoisotopic (exact) mass is 400 g/mol. The summed E-state index contributed by atoms with van der Waals surface area (Å²) in [6, 6.07) is 13.6. The third-order valence-electron chi connectivity index (χ3n) is 4.42. The Morgan fingerprint density at radius 3 is 2.59 bits per heavy atom. The summed E-state index contributed by atoms with van der Waals surface area (Å²) < 4.78 is 55.7. The van der Waals surface area contributed by atoms with Gasteiger partial charge in [0, 0.05) is 16.4 Å². The number of ketones is 1. The number of carbonyl (C=O) groups excluding carboxylic acids is 3. The van der Waals surface area contributed by atoms with Crippen molar-refractivity contribution in [3.8, 4) is 5.75 Å². The Morgan fingerprint density at radius 1 is 1.10 bits per heavy atom. The maximum Gasteiger partial charge on any atom is 0.343 e. The number of esters is 1. The summed E-state index contributed by atoms with van der Waals surface area (Å²) in [5.41, 5.74) is 6.23. The molecular formula is C22H22N2O5. The van der Waals surface area contributed by atoms with E-state index in [-0.39, 0.29) is 28.9 Å². The predicted octanol–water partition coefficient (Wildman–Crippen LogP) is 2.47. The van der Waals surface area contributed by atoms with Gasteiger partial charge in [0.15, 0.2) is 6.61 Å². The van der Waals surface area contributed by atoms with E-state index in [0.29, 0.717) is 5.52 Å². The van der Waals surface area contributed by atoms with Crippen LogP contribution in [0.15, 0.2) is 48.5 Å². The second-order valence-corrected chi connectivity index (χ2v) is 6.18. The van der Waals surface area contributed by atoms with Crippen LogP contribution in [0.4, 0.5) is 0 Å². The number of primary amides is 1. The lowest BCUT2D eigenvalue weighted by Gasteiger charge is -2.11. The quantitative estimate of drug-likeness (QED) is 0.356. The van der Waals surface area contributed by atoms with E-state index in [9.17, 15) is 14.4 Å². The van der Waals surface area contributed by atoms with Crippen molar-refractivity contribution < 1.29 is 32.1 Å². The van der Waals surface area contributed by atoms with Gasteiger partial charge in [-0.25, -0.2) is 4.79 Å². The van der Waals surface area contributed by atoms with E-state index < -0.39 is 44.6 Å². The van der Waals surface area contributed by atoms with Gasteiger partial charge < -0.3 is 19.8 Å². The molecular weight excluding hydrogens is 372 g/mol. The molecule has 0 spiro atoms. The second kappa shape index (κ2) is 8.60. The summed E-state index contributed by atoms with van der Waals surface area (Å²) in [4.78, 5) is 36.7. The number of rotatable bonds is 8. The van der Waals surface area contributed by atoms with Crippen molar-refractivity contribution in [3.63, 3.8) is 0 Å². The Hall–Kier alpha value is -3.61. The number of Topliss-reactive ketones (excluding diaryl/α,β-unsaturated/α-hetero) is 1. The Balaban J connectivity index is 2.21. The van der Waals surface area contributed by atoms with E-state index in [1.54, 1.807) is 28.8 Å². The third-order valence-corrected chi connectivity index (χ3v) is 4.42. The molecule has 3 aromatic rings. The lowest BCUT2D eigenvalue weighted by molar-refractivity contribution is -0.142. The molecule has 1 heterocycles. The second-order valence-electron chi connectivity index (χ2n) is 6.18. The molecule has 29 heavy (non-hydrogen) atoms. The SMILES string of the molecule is [2H]C([2H])([2H])Cc1c(C(=O)C(N)=O)c2c(OCC(=O)OC([2H])([2H])[2H])cccc2n1Cc1ccccc1. The molecule has 0 atom stereocenters. The molecule has 0 radical (unpaired) electrons. The highest BCUT2D eigenvalue weighted by atomic mass is 16.6. The van der Waals surface area contributed by atoms with Crippen LogP contribution >= 0.6 is 0 Å². The number of ether oxygens (including phenoxy) is 2. The largest absolute Gasteiger partial charge is 0.481 e. The van der Waals surface area contributed by atoms with E-state index in [1.807, 2.05) is 18.2 Å². The molecule has 7 nitrogen and oxygen atoms in total. The van der Waals surface area contributed by atoms with Crippen LogP contribution in [0, 0.1) is 0 Å². The Labute approximate surface area is 176 Å². The molecule has 150 valence electrons. The zero-order chi connectivity index (χ0) is 26.0. The van der Waals surface area contributed by atoms with Crippen molar-refractivity contribution in [1.82, 2.24) is 4.57 Å². The number of hydrogen-bond donors (Lipinski definition) is 1. The summed E-state index contributed by atoms with van der Waals surface area (Å²) in [6.45, 7) is -3.14. The number of aromatic nitrogens is 1. The van der Waals surface area contributed by atoms with Crippen LogP contribution in [0.25, 0.3) is 10.9 Å². The van der Waals surface area contributed by atoms with Crippen molar-refractivity contribution >= 4 is 28.6 Å². The molecule has 0 unspecified atom stereocenters. The Bertz CT molecular complexity index is 1270. The molecule has 2 N–H and O–H groups in total. The van der Waals surface area contributed by atoms with Crippen molar-refractivity contribution in [3.05, 3.63) is 65.4 Å². The number of hydrogen-bond acceptors (Lipinski definition) is 5.